The van der Waals surface area contributed by atoms with Crippen molar-refractivity contribution in [3.8, 4) is 0 Å². The predicted molar refractivity (Wildman–Crippen MR) is 70.7 cm³/mol. The van der Waals surface area contributed by atoms with Gasteiger partial charge in [-0.15, -0.1) is 0 Å². The Morgan fingerprint density at radius 3 is 2.65 bits per heavy atom. The molecule has 0 saturated heterocycles. The van der Waals surface area contributed by atoms with Gasteiger partial charge >= 0.3 is 0 Å². The summed E-state index contributed by atoms with van der Waals surface area (Å²) in [5.74, 6) is 0. The first-order chi connectivity index (χ1) is 8.35. The normalized spacial score (nSPS) is 12.8. The minimum atomic E-state index is 0.251. The summed E-state index contributed by atoms with van der Waals surface area (Å²) in [5, 5.41) is 14.0. The molecular weight excluding hydrogens is 210 g/mol. The maximum atomic E-state index is 9.19. The van der Waals surface area contributed by atoms with Crippen LogP contribution in [0.15, 0.2) is 42.5 Å². The highest BCUT2D eigenvalue weighted by Gasteiger charge is 2.08. The molecule has 2 rings (SSSR count). The van der Waals surface area contributed by atoms with Crippen molar-refractivity contribution < 1.29 is 10.4 Å². The van der Waals surface area contributed by atoms with Crippen LogP contribution in [0.25, 0.3) is 10.8 Å². The van der Waals surface area contributed by atoms with E-state index in [4.69, 9.17) is 0 Å². The monoisotopic (exact) mass is 230 g/mol. The number of hydrogen-bond acceptors (Lipinski definition) is 1. The molecule has 0 heterocycles. The first-order valence-corrected chi connectivity index (χ1v) is 6.26. The molecule has 1 atom stereocenters. The molecule has 0 bridgehead atoms. The molecule has 0 spiro atoms. The number of rotatable bonds is 5. The Bertz CT molecular complexity index is 472. The molecular formula is C15H20NO+. The summed E-state index contributed by atoms with van der Waals surface area (Å²) in [4.78, 5) is 0. The molecule has 0 fully saturated rings. The molecule has 2 aromatic carbocycles. The van der Waals surface area contributed by atoms with Gasteiger partial charge in [0.15, 0.2) is 0 Å². The average Bonchev–Trinajstić information content (AvgIpc) is 2.40. The number of hydrogen-bond donors (Lipinski definition) is 2. The summed E-state index contributed by atoms with van der Waals surface area (Å²) < 4.78 is 0. The van der Waals surface area contributed by atoms with Crippen LogP contribution in [0.1, 0.15) is 18.9 Å². The van der Waals surface area contributed by atoms with Crippen molar-refractivity contribution in [1.29, 1.82) is 0 Å². The topological polar surface area (TPSA) is 36.8 Å². The summed E-state index contributed by atoms with van der Waals surface area (Å²) in [6.07, 6.45) is 1.00. The van der Waals surface area contributed by atoms with Gasteiger partial charge in [-0.25, -0.2) is 0 Å². The Morgan fingerprint density at radius 2 is 1.88 bits per heavy atom. The molecule has 0 aliphatic heterocycles. The van der Waals surface area contributed by atoms with Crippen molar-refractivity contribution in [3.63, 3.8) is 0 Å². The van der Waals surface area contributed by atoms with Crippen LogP contribution in [0.2, 0.25) is 0 Å². The predicted octanol–water partition coefficient (Wildman–Crippen LogP) is 1.67. The van der Waals surface area contributed by atoms with Crippen molar-refractivity contribution in [3.05, 3.63) is 48.0 Å². The highest BCUT2D eigenvalue weighted by atomic mass is 16.3. The van der Waals surface area contributed by atoms with Gasteiger partial charge in [0.05, 0.1) is 6.61 Å². The number of aliphatic hydroxyl groups excluding tert-OH is 1. The minimum Gasteiger partial charge on any atom is -0.390 e. The molecule has 17 heavy (non-hydrogen) atoms. The number of fused-ring (bicyclic) bond motifs is 1. The molecule has 0 aliphatic carbocycles. The molecule has 90 valence electrons. The summed E-state index contributed by atoms with van der Waals surface area (Å²) in [7, 11) is 0. The molecule has 0 saturated carbocycles. The second-order valence-corrected chi connectivity index (χ2v) is 4.43. The van der Waals surface area contributed by atoms with Crippen LogP contribution in [0.3, 0.4) is 0 Å². The second kappa shape index (κ2) is 5.80. The number of nitrogens with two attached hydrogens (primary N) is 1. The Labute approximate surface area is 102 Å². The standard InChI is InChI=1S/C15H19NO/c1-2-14(11-17)16-10-13-8-5-7-12-6-3-4-9-15(12)13/h3-9,14,16-17H,2,10-11H2,1H3/p+1/t14-/m1/s1. The van der Waals surface area contributed by atoms with Gasteiger partial charge in [0, 0.05) is 5.56 Å². The van der Waals surface area contributed by atoms with Gasteiger partial charge in [-0.1, -0.05) is 49.4 Å². The third-order valence-electron chi connectivity index (χ3n) is 3.31. The molecule has 2 nitrogen and oxygen atoms in total. The molecule has 2 heteroatoms. The van der Waals surface area contributed by atoms with Gasteiger partial charge in [-0.3, -0.25) is 0 Å². The van der Waals surface area contributed by atoms with E-state index < -0.39 is 0 Å². The molecule has 0 aliphatic rings. The van der Waals surface area contributed by atoms with Crippen LogP contribution >= 0.6 is 0 Å². The SMILES string of the molecule is CC[C@H](CO)[NH2+]Cc1cccc2ccccc12. The number of aliphatic hydroxyl groups is 1. The summed E-state index contributed by atoms with van der Waals surface area (Å²) in [6.45, 7) is 3.29. The molecule has 0 aromatic heterocycles. The summed E-state index contributed by atoms with van der Waals surface area (Å²) in [6, 6.07) is 15.2. The zero-order chi connectivity index (χ0) is 12.1. The largest absolute Gasteiger partial charge is 0.390 e. The van der Waals surface area contributed by atoms with E-state index in [0.717, 1.165) is 13.0 Å². The van der Waals surface area contributed by atoms with E-state index in [1.165, 1.54) is 16.3 Å². The van der Waals surface area contributed by atoms with Crippen LogP contribution in [0, 0.1) is 0 Å². The fourth-order valence-electron chi connectivity index (χ4n) is 2.13. The van der Waals surface area contributed by atoms with E-state index in [1.807, 2.05) is 0 Å². The van der Waals surface area contributed by atoms with E-state index in [9.17, 15) is 5.11 Å². The van der Waals surface area contributed by atoms with Gasteiger partial charge in [0.25, 0.3) is 0 Å². The van der Waals surface area contributed by atoms with Gasteiger partial charge in [-0.05, 0) is 17.2 Å². The molecule has 2 aromatic rings. The van der Waals surface area contributed by atoms with E-state index in [2.05, 4.69) is 54.7 Å². The van der Waals surface area contributed by atoms with Crippen LogP contribution in [-0.4, -0.2) is 17.8 Å². The lowest BCUT2D eigenvalue weighted by Crippen LogP contribution is -2.89. The lowest BCUT2D eigenvalue weighted by atomic mass is 10.0. The second-order valence-electron chi connectivity index (χ2n) is 4.43. The Hall–Kier alpha value is -1.38. The van der Waals surface area contributed by atoms with Gasteiger partial charge in [0.1, 0.15) is 12.6 Å². The van der Waals surface area contributed by atoms with Crippen molar-refractivity contribution in [2.75, 3.05) is 6.61 Å². The highest BCUT2D eigenvalue weighted by molar-refractivity contribution is 5.85. The minimum absolute atomic E-state index is 0.251. The maximum Gasteiger partial charge on any atom is 0.109 e. The van der Waals surface area contributed by atoms with Crippen molar-refractivity contribution in [1.82, 2.24) is 0 Å². The number of quaternary nitrogens is 1. The summed E-state index contributed by atoms with van der Waals surface area (Å²) in [5.41, 5.74) is 1.34. The first-order valence-electron chi connectivity index (χ1n) is 6.26. The fourth-order valence-corrected chi connectivity index (χ4v) is 2.13. The van der Waals surface area contributed by atoms with E-state index in [1.54, 1.807) is 0 Å². The third kappa shape index (κ3) is 2.84. The zero-order valence-corrected chi connectivity index (χ0v) is 10.3. The van der Waals surface area contributed by atoms with Gasteiger partial charge < -0.3 is 10.4 Å². The van der Waals surface area contributed by atoms with Crippen LogP contribution < -0.4 is 5.32 Å². The van der Waals surface area contributed by atoms with E-state index >= 15 is 0 Å². The third-order valence-corrected chi connectivity index (χ3v) is 3.31. The number of benzene rings is 2. The average molecular weight is 230 g/mol. The lowest BCUT2D eigenvalue weighted by molar-refractivity contribution is -0.705. The van der Waals surface area contributed by atoms with E-state index in [0.29, 0.717) is 6.04 Å². The smallest absolute Gasteiger partial charge is 0.109 e. The molecule has 0 radical (unpaired) electrons. The highest BCUT2D eigenvalue weighted by Crippen LogP contribution is 2.17. The quantitative estimate of drug-likeness (QED) is 0.805. The molecule has 0 unspecified atom stereocenters. The fraction of sp³-hybridized carbons (Fsp3) is 0.333. The van der Waals surface area contributed by atoms with Gasteiger partial charge in [-0.2, -0.15) is 0 Å². The Balaban J connectivity index is 2.18. The Kier molecular flexibility index (Phi) is 4.13. The molecule has 3 N–H and O–H groups in total. The van der Waals surface area contributed by atoms with E-state index in [-0.39, 0.29) is 6.61 Å². The van der Waals surface area contributed by atoms with Crippen LogP contribution in [0.5, 0.6) is 0 Å². The van der Waals surface area contributed by atoms with Crippen LogP contribution in [0.4, 0.5) is 0 Å². The summed E-state index contributed by atoms with van der Waals surface area (Å²) >= 11 is 0. The zero-order valence-electron chi connectivity index (χ0n) is 10.3. The molecule has 0 amide bonds. The van der Waals surface area contributed by atoms with Crippen molar-refractivity contribution >= 4 is 10.8 Å². The first kappa shape index (κ1) is 12.1. The lowest BCUT2D eigenvalue weighted by Gasteiger charge is -2.11. The Morgan fingerprint density at radius 1 is 1.12 bits per heavy atom. The van der Waals surface area contributed by atoms with Crippen molar-refractivity contribution in [2.45, 2.75) is 25.9 Å². The van der Waals surface area contributed by atoms with Gasteiger partial charge in [0.2, 0.25) is 0 Å². The maximum absolute atomic E-state index is 9.19. The van der Waals surface area contributed by atoms with Crippen molar-refractivity contribution in [2.24, 2.45) is 0 Å². The van der Waals surface area contributed by atoms with Crippen LogP contribution in [-0.2, 0) is 6.54 Å².